The van der Waals surface area contributed by atoms with E-state index in [0.717, 1.165) is 119 Å². The van der Waals surface area contributed by atoms with E-state index in [-0.39, 0.29) is 77.0 Å². The predicted molar refractivity (Wildman–Crippen MR) is 315 cm³/mol. The predicted octanol–water partition coefficient (Wildman–Crippen LogP) is 12.4. The molecule has 2 saturated heterocycles. The Balaban J connectivity index is 0.984. The van der Waals surface area contributed by atoms with Gasteiger partial charge in [-0.25, -0.2) is 0 Å². The Morgan fingerprint density at radius 2 is 0.949 bits per heavy atom. The number of nitrogens with one attached hydrogen (secondary N) is 1. The number of ketones is 1. The van der Waals surface area contributed by atoms with Crippen LogP contribution in [0.3, 0.4) is 0 Å². The van der Waals surface area contributed by atoms with Gasteiger partial charge in [0.1, 0.15) is 11.8 Å². The van der Waals surface area contributed by atoms with Crippen molar-refractivity contribution in [2.75, 3.05) is 39.3 Å². The average molecular weight is 1070 g/mol. The van der Waals surface area contributed by atoms with Crippen LogP contribution >= 0.6 is 0 Å². The molecule has 4 aliphatic rings. The first-order valence-corrected chi connectivity index (χ1v) is 30.7. The zero-order chi connectivity index (χ0) is 55.7. The summed E-state index contributed by atoms with van der Waals surface area (Å²) in [6.07, 6.45) is 18.2. The molecule has 79 heavy (non-hydrogen) atoms. The molecule has 2 aliphatic heterocycles. The van der Waals surface area contributed by atoms with Crippen molar-refractivity contribution in [3.63, 3.8) is 0 Å². The summed E-state index contributed by atoms with van der Waals surface area (Å²) < 4.78 is 0. The monoisotopic (exact) mass is 1070 g/mol. The molecular weight excluding hydrogens is 983 g/mol. The number of nitrogens with zero attached hydrogens (tertiary/aromatic N) is 4. The van der Waals surface area contributed by atoms with Crippen LogP contribution in [0.25, 0.3) is 11.1 Å². The van der Waals surface area contributed by atoms with E-state index in [4.69, 9.17) is 0 Å². The van der Waals surface area contributed by atoms with E-state index in [1.165, 1.54) is 6.42 Å². The largest absolute Gasteiger partial charge is 0.344 e. The number of carbonyl (C=O) groups is 6. The number of Topliss-reactive ketones (excluding diaryl/α,β-unsaturated/α-hetero) is 1. The van der Waals surface area contributed by atoms with E-state index >= 15 is 0 Å². The lowest BCUT2D eigenvalue weighted by molar-refractivity contribution is -0.144. The van der Waals surface area contributed by atoms with Crippen LogP contribution in [0.15, 0.2) is 109 Å². The van der Waals surface area contributed by atoms with Crippen LogP contribution in [-0.4, -0.2) is 112 Å². The Kier molecular flexibility index (Phi) is 22.0. The van der Waals surface area contributed by atoms with Gasteiger partial charge in [-0.1, -0.05) is 151 Å². The van der Waals surface area contributed by atoms with Crippen LogP contribution in [-0.2, 0) is 32.0 Å². The highest BCUT2D eigenvalue weighted by Crippen LogP contribution is 2.36. The Bertz CT molecular complexity index is 2590. The number of amides is 5. The van der Waals surface area contributed by atoms with Gasteiger partial charge in [0.05, 0.1) is 0 Å². The lowest BCUT2D eigenvalue weighted by Crippen LogP contribution is -2.59. The molecule has 0 unspecified atom stereocenters. The van der Waals surface area contributed by atoms with Crippen molar-refractivity contribution < 1.29 is 28.8 Å². The molecule has 5 amide bonds. The standard InChI is InChI=1S/C68H91N5O6/c1-5-50(4)64(75)69-63(56-28-16-9-17-29-56)68(79)73-43-21-19-31-60(73)48-71(45-41-52-24-12-7-13-25-52)66(77)58-38-34-54(35-39-58)53-32-36-57(37-33-53)65(76)70(44-40-51-22-10-6-11-23-51)47-59-30-18-20-42-72(59)67(78)61(46-62(74)49(2)3)55-26-14-8-15-27-55/h6-7,10-13,22-25,32-39,49-50,55-56,59-61,63H,5,8-9,14-21,26-31,40-48H2,1-4H3,(H,69,75)/t50-,59+,60+,61+,63+/m1/s1. The Hall–Kier alpha value is -6.10. The molecule has 4 fully saturated rings. The molecule has 2 saturated carbocycles. The molecule has 2 heterocycles. The molecule has 11 nitrogen and oxygen atoms in total. The third kappa shape index (κ3) is 16.1. The van der Waals surface area contributed by atoms with E-state index in [1.807, 2.05) is 127 Å². The number of carbonyl (C=O) groups excluding carboxylic acids is 6. The van der Waals surface area contributed by atoms with Gasteiger partial charge >= 0.3 is 0 Å². The summed E-state index contributed by atoms with van der Waals surface area (Å²) in [6.45, 7) is 10.9. The minimum absolute atomic E-state index is 0.00154. The first-order chi connectivity index (χ1) is 38.4. The second-order valence-electron chi connectivity index (χ2n) is 24.0. The minimum atomic E-state index is -0.559. The smallest absolute Gasteiger partial charge is 0.253 e. The molecular formula is C68H91N5O6. The molecule has 424 valence electrons. The molecule has 0 aromatic heterocycles. The Labute approximate surface area is 472 Å². The fourth-order valence-corrected chi connectivity index (χ4v) is 13.0. The molecule has 8 rings (SSSR count). The quantitative estimate of drug-likeness (QED) is 0.0788. The van der Waals surface area contributed by atoms with Crippen molar-refractivity contribution in [1.82, 2.24) is 24.9 Å². The lowest BCUT2D eigenvalue weighted by atomic mass is 9.76. The average Bonchev–Trinajstić information content (AvgIpc) is 3.51. The third-order valence-electron chi connectivity index (χ3n) is 18.2. The lowest BCUT2D eigenvalue weighted by Gasteiger charge is -2.42. The van der Waals surface area contributed by atoms with E-state index < -0.39 is 6.04 Å². The SMILES string of the molecule is CC[C@@H](C)C(=O)N[C@H](C(=O)N1CCCC[C@H]1CN(CCc1ccccc1)C(=O)c1ccc(-c2ccc(C(=O)N(CCc3ccccc3)C[C@@H]3CCCCN3C(=O)[C@@H](CC(=O)C(C)C)C3CCCCC3)cc2)cc1)C1CCCCC1. The van der Waals surface area contributed by atoms with Crippen LogP contribution < -0.4 is 5.32 Å². The minimum Gasteiger partial charge on any atom is -0.344 e. The maximum atomic E-state index is 14.8. The van der Waals surface area contributed by atoms with Gasteiger partial charge in [0.25, 0.3) is 11.8 Å². The normalized spacial score (nSPS) is 19.5. The van der Waals surface area contributed by atoms with Gasteiger partial charge in [-0.2, -0.15) is 0 Å². The zero-order valence-corrected chi connectivity index (χ0v) is 48.1. The van der Waals surface area contributed by atoms with Crippen molar-refractivity contribution in [2.45, 2.75) is 174 Å². The van der Waals surface area contributed by atoms with Crippen molar-refractivity contribution in [1.29, 1.82) is 0 Å². The van der Waals surface area contributed by atoms with Gasteiger partial charge in [-0.15, -0.1) is 0 Å². The Morgan fingerprint density at radius 1 is 0.519 bits per heavy atom. The van der Waals surface area contributed by atoms with E-state index in [2.05, 4.69) is 34.5 Å². The fourth-order valence-electron chi connectivity index (χ4n) is 13.0. The van der Waals surface area contributed by atoms with Gasteiger partial charge in [0.2, 0.25) is 17.7 Å². The van der Waals surface area contributed by atoms with Gasteiger partial charge in [-0.05, 0) is 142 Å². The maximum absolute atomic E-state index is 14.8. The molecule has 4 aromatic rings. The Morgan fingerprint density at radius 3 is 1.39 bits per heavy atom. The molecule has 5 atom stereocenters. The number of rotatable bonds is 23. The number of hydrogen-bond acceptors (Lipinski definition) is 6. The molecule has 0 spiro atoms. The summed E-state index contributed by atoms with van der Waals surface area (Å²) in [5.41, 5.74) is 5.27. The van der Waals surface area contributed by atoms with Gasteiger partial charge in [-0.3, -0.25) is 28.8 Å². The second kappa shape index (κ2) is 29.4. The third-order valence-corrected chi connectivity index (χ3v) is 18.2. The van der Waals surface area contributed by atoms with E-state index in [9.17, 15) is 28.8 Å². The number of hydrogen-bond donors (Lipinski definition) is 1. The number of benzene rings is 4. The summed E-state index contributed by atoms with van der Waals surface area (Å²) in [4.78, 5) is 93.7. The first kappa shape index (κ1) is 59.0. The highest BCUT2D eigenvalue weighted by Gasteiger charge is 2.41. The van der Waals surface area contributed by atoms with Crippen LogP contribution in [0.4, 0.5) is 0 Å². The number of likely N-dealkylation sites (tertiary alicyclic amines) is 2. The molecule has 2 aliphatic carbocycles. The summed E-state index contributed by atoms with van der Waals surface area (Å²) in [5.74, 6) is -0.242. The highest BCUT2D eigenvalue weighted by molar-refractivity contribution is 5.96. The van der Waals surface area contributed by atoms with Crippen LogP contribution in [0.5, 0.6) is 0 Å². The summed E-state index contributed by atoms with van der Waals surface area (Å²) >= 11 is 0. The van der Waals surface area contributed by atoms with E-state index in [1.54, 1.807) is 0 Å². The fraction of sp³-hybridized carbons (Fsp3) is 0.559. The van der Waals surface area contributed by atoms with Crippen molar-refractivity contribution in [3.8, 4) is 11.1 Å². The van der Waals surface area contributed by atoms with Crippen LogP contribution in [0.2, 0.25) is 0 Å². The number of piperidine rings is 2. The molecule has 0 bridgehead atoms. The van der Waals surface area contributed by atoms with Gasteiger partial charge in [0.15, 0.2) is 0 Å². The van der Waals surface area contributed by atoms with Crippen molar-refractivity contribution in [3.05, 3.63) is 131 Å². The van der Waals surface area contributed by atoms with Crippen molar-refractivity contribution >= 4 is 35.3 Å². The summed E-state index contributed by atoms with van der Waals surface area (Å²) in [7, 11) is 0. The molecule has 4 aromatic carbocycles. The van der Waals surface area contributed by atoms with Crippen LogP contribution in [0.1, 0.15) is 175 Å². The second-order valence-corrected chi connectivity index (χ2v) is 24.0. The summed E-state index contributed by atoms with van der Waals surface area (Å²) in [6, 6.07) is 35.0. The topological polar surface area (TPSA) is 127 Å². The van der Waals surface area contributed by atoms with E-state index in [0.29, 0.717) is 76.1 Å². The maximum Gasteiger partial charge on any atom is 0.253 e. The zero-order valence-electron chi connectivity index (χ0n) is 48.1. The van der Waals surface area contributed by atoms with Gasteiger partial charge < -0.3 is 24.9 Å². The molecule has 0 radical (unpaired) electrons. The molecule has 11 heteroatoms. The first-order valence-electron chi connectivity index (χ1n) is 30.7. The molecule has 1 N–H and O–H groups in total. The van der Waals surface area contributed by atoms with Crippen LogP contribution in [0, 0.1) is 29.6 Å². The van der Waals surface area contributed by atoms with Crippen molar-refractivity contribution in [2.24, 2.45) is 29.6 Å². The van der Waals surface area contributed by atoms with Gasteiger partial charge in [0, 0.05) is 86.7 Å². The summed E-state index contributed by atoms with van der Waals surface area (Å²) in [5, 5.41) is 3.24. The highest BCUT2D eigenvalue weighted by atomic mass is 16.2.